The number of hydrogen-bond acceptors (Lipinski definition) is 4. The normalized spacial score (nSPS) is 10.6. The Hall–Kier alpha value is -2.66. The molecular weight excluding hydrogens is 342 g/mol. The van der Waals surface area contributed by atoms with Crippen LogP contribution in [0.2, 0.25) is 0 Å². The van der Waals surface area contributed by atoms with E-state index in [1.807, 2.05) is 37.3 Å². The van der Waals surface area contributed by atoms with Crippen LogP contribution in [0.3, 0.4) is 0 Å². The summed E-state index contributed by atoms with van der Waals surface area (Å²) in [5.41, 5.74) is 6.36. The lowest BCUT2D eigenvalue weighted by Gasteiger charge is -2.07. The van der Waals surface area contributed by atoms with Crippen molar-refractivity contribution in [3.05, 3.63) is 71.4 Å². The monoisotopic (exact) mass is 363 g/mol. The molecule has 5 heteroatoms. The van der Waals surface area contributed by atoms with Crippen molar-refractivity contribution in [2.75, 3.05) is 11.1 Å². The van der Waals surface area contributed by atoms with Crippen molar-refractivity contribution in [2.45, 2.75) is 25.9 Å². The van der Waals surface area contributed by atoms with Crippen molar-refractivity contribution >= 4 is 23.4 Å². The number of carbonyl (C=O) groups excluding carboxylic acids is 1. The summed E-state index contributed by atoms with van der Waals surface area (Å²) in [4.78, 5) is 21.0. The van der Waals surface area contributed by atoms with Gasteiger partial charge in [0.2, 0.25) is 5.91 Å². The molecule has 2 aromatic carbocycles. The van der Waals surface area contributed by atoms with Crippen molar-refractivity contribution < 1.29 is 4.79 Å². The molecule has 0 saturated carbocycles. The first-order chi connectivity index (χ1) is 12.5. The van der Waals surface area contributed by atoms with Gasteiger partial charge in [-0.3, -0.25) is 4.79 Å². The van der Waals surface area contributed by atoms with Gasteiger partial charge >= 0.3 is 0 Å². The van der Waals surface area contributed by atoms with E-state index in [1.165, 1.54) is 22.9 Å². The first-order valence-corrected chi connectivity index (χ1v) is 9.40. The van der Waals surface area contributed by atoms with Gasteiger partial charge in [-0.05, 0) is 56.2 Å². The van der Waals surface area contributed by atoms with Crippen LogP contribution in [0.15, 0.2) is 59.9 Å². The Morgan fingerprint density at radius 1 is 1.00 bits per heavy atom. The molecule has 0 spiro atoms. The summed E-state index contributed by atoms with van der Waals surface area (Å²) in [7, 11) is 0. The van der Waals surface area contributed by atoms with E-state index in [2.05, 4.69) is 47.3 Å². The highest BCUT2D eigenvalue weighted by atomic mass is 32.2. The van der Waals surface area contributed by atoms with Gasteiger partial charge in [0.15, 0.2) is 5.16 Å². The summed E-state index contributed by atoms with van der Waals surface area (Å²) < 4.78 is 0. The fraction of sp³-hybridized carbons (Fsp3) is 0.190. The Bertz CT molecular complexity index is 923. The van der Waals surface area contributed by atoms with Gasteiger partial charge in [-0.1, -0.05) is 41.6 Å². The second-order valence-corrected chi connectivity index (χ2v) is 7.17. The number of aryl methyl sites for hydroxylation is 3. The predicted molar refractivity (Wildman–Crippen MR) is 107 cm³/mol. The van der Waals surface area contributed by atoms with E-state index in [9.17, 15) is 4.79 Å². The number of rotatable bonds is 5. The molecule has 0 radical (unpaired) electrons. The quantitative estimate of drug-likeness (QED) is 0.522. The third-order valence-corrected chi connectivity index (χ3v) is 4.97. The van der Waals surface area contributed by atoms with Gasteiger partial charge in [-0.15, -0.1) is 0 Å². The van der Waals surface area contributed by atoms with E-state index in [1.54, 1.807) is 6.20 Å². The molecule has 1 N–H and O–H groups in total. The first-order valence-electron chi connectivity index (χ1n) is 8.41. The minimum Gasteiger partial charge on any atom is -0.325 e. The van der Waals surface area contributed by atoms with Crippen LogP contribution >= 0.6 is 11.8 Å². The van der Waals surface area contributed by atoms with Crippen molar-refractivity contribution in [3.63, 3.8) is 0 Å². The topological polar surface area (TPSA) is 54.9 Å². The van der Waals surface area contributed by atoms with Crippen molar-refractivity contribution in [2.24, 2.45) is 0 Å². The van der Waals surface area contributed by atoms with Crippen LogP contribution in [0.25, 0.3) is 11.3 Å². The second kappa shape index (κ2) is 8.15. The smallest absolute Gasteiger partial charge is 0.234 e. The molecule has 1 amide bonds. The maximum absolute atomic E-state index is 12.1. The van der Waals surface area contributed by atoms with Gasteiger partial charge in [0.05, 0.1) is 11.4 Å². The minimum absolute atomic E-state index is 0.0703. The third-order valence-electron chi connectivity index (χ3n) is 4.10. The molecule has 132 valence electrons. The zero-order valence-corrected chi connectivity index (χ0v) is 15.9. The van der Waals surface area contributed by atoms with Crippen LogP contribution < -0.4 is 5.32 Å². The molecule has 1 aromatic heterocycles. The van der Waals surface area contributed by atoms with E-state index in [0.29, 0.717) is 5.16 Å². The Balaban J connectivity index is 1.64. The van der Waals surface area contributed by atoms with Crippen molar-refractivity contribution in [1.82, 2.24) is 9.97 Å². The summed E-state index contributed by atoms with van der Waals surface area (Å²) >= 11 is 1.33. The molecule has 1 heterocycles. The first kappa shape index (κ1) is 18.1. The summed E-state index contributed by atoms with van der Waals surface area (Å²) in [6, 6.07) is 15.9. The van der Waals surface area contributed by atoms with Gasteiger partial charge in [-0.25, -0.2) is 9.97 Å². The van der Waals surface area contributed by atoms with Crippen molar-refractivity contribution in [1.29, 1.82) is 0 Å². The molecule has 0 bridgehead atoms. The average molecular weight is 363 g/mol. The number of nitrogens with zero attached hydrogens (tertiary/aromatic N) is 2. The summed E-state index contributed by atoms with van der Waals surface area (Å²) in [5.74, 6) is 0.198. The highest BCUT2D eigenvalue weighted by molar-refractivity contribution is 7.99. The molecule has 0 unspecified atom stereocenters. The van der Waals surface area contributed by atoms with Crippen LogP contribution in [0.4, 0.5) is 5.69 Å². The molecule has 0 saturated heterocycles. The van der Waals surface area contributed by atoms with Gasteiger partial charge in [0.1, 0.15) is 0 Å². The highest BCUT2D eigenvalue weighted by Crippen LogP contribution is 2.22. The zero-order chi connectivity index (χ0) is 18.5. The number of nitrogens with one attached hydrogen (secondary N) is 1. The number of thioether (sulfide) groups is 1. The summed E-state index contributed by atoms with van der Waals surface area (Å²) in [5, 5.41) is 3.48. The van der Waals surface area contributed by atoms with Gasteiger partial charge in [0.25, 0.3) is 0 Å². The molecule has 3 aromatic rings. The maximum atomic E-state index is 12.1. The molecule has 0 aliphatic rings. The standard InChI is InChI=1S/C21H21N3OS/c1-14-4-8-18(9-5-14)23-20(25)13-26-21-22-11-10-19(24-21)17-7-6-15(2)16(3)12-17/h4-12H,13H2,1-3H3,(H,23,25). The molecule has 3 rings (SSSR count). The van der Waals surface area contributed by atoms with E-state index in [4.69, 9.17) is 0 Å². The lowest BCUT2D eigenvalue weighted by Crippen LogP contribution is -2.14. The van der Waals surface area contributed by atoms with E-state index < -0.39 is 0 Å². The SMILES string of the molecule is Cc1ccc(NC(=O)CSc2nccc(-c3ccc(C)c(C)c3)n2)cc1. The number of aromatic nitrogens is 2. The Labute approximate surface area is 158 Å². The summed E-state index contributed by atoms with van der Waals surface area (Å²) in [6.45, 7) is 6.19. The second-order valence-electron chi connectivity index (χ2n) is 6.23. The number of carbonyl (C=O) groups is 1. The zero-order valence-electron chi connectivity index (χ0n) is 15.1. The Kier molecular flexibility index (Phi) is 5.68. The molecule has 0 aliphatic heterocycles. The number of amides is 1. The predicted octanol–water partition coefficient (Wildman–Crippen LogP) is 4.80. The van der Waals surface area contributed by atoms with Crippen LogP contribution in [0.5, 0.6) is 0 Å². The van der Waals surface area contributed by atoms with Crippen LogP contribution in [0, 0.1) is 20.8 Å². The van der Waals surface area contributed by atoms with Crippen LogP contribution in [-0.4, -0.2) is 21.6 Å². The Morgan fingerprint density at radius 3 is 2.50 bits per heavy atom. The Morgan fingerprint density at radius 2 is 1.77 bits per heavy atom. The fourth-order valence-electron chi connectivity index (χ4n) is 2.44. The summed E-state index contributed by atoms with van der Waals surface area (Å²) in [6.07, 6.45) is 1.73. The van der Waals surface area contributed by atoms with E-state index in [-0.39, 0.29) is 11.7 Å². The lowest BCUT2D eigenvalue weighted by molar-refractivity contribution is -0.113. The minimum atomic E-state index is -0.0703. The number of anilines is 1. The van der Waals surface area contributed by atoms with Crippen molar-refractivity contribution in [3.8, 4) is 11.3 Å². The average Bonchev–Trinajstić information content (AvgIpc) is 2.64. The highest BCUT2D eigenvalue weighted by Gasteiger charge is 2.08. The molecule has 4 nitrogen and oxygen atoms in total. The van der Waals surface area contributed by atoms with Crippen LogP contribution in [-0.2, 0) is 4.79 Å². The molecule has 0 fully saturated rings. The van der Waals surface area contributed by atoms with E-state index in [0.717, 1.165) is 22.5 Å². The van der Waals surface area contributed by atoms with Gasteiger partial charge in [-0.2, -0.15) is 0 Å². The van der Waals surface area contributed by atoms with Crippen LogP contribution in [0.1, 0.15) is 16.7 Å². The molecule has 26 heavy (non-hydrogen) atoms. The molecule has 0 atom stereocenters. The number of benzene rings is 2. The third kappa shape index (κ3) is 4.70. The van der Waals surface area contributed by atoms with Gasteiger partial charge < -0.3 is 5.32 Å². The van der Waals surface area contributed by atoms with Gasteiger partial charge in [0, 0.05) is 17.4 Å². The number of hydrogen-bond donors (Lipinski definition) is 1. The molecule has 0 aliphatic carbocycles. The maximum Gasteiger partial charge on any atom is 0.234 e. The fourth-order valence-corrected chi connectivity index (χ4v) is 3.07. The lowest BCUT2D eigenvalue weighted by atomic mass is 10.0. The van der Waals surface area contributed by atoms with E-state index >= 15 is 0 Å². The molecular formula is C21H21N3OS. The largest absolute Gasteiger partial charge is 0.325 e.